The molecule has 1 saturated heterocycles. The molecular weight excluding hydrogens is 543 g/mol. The first kappa shape index (κ1) is 31.4. The lowest BCUT2D eigenvalue weighted by Crippen LogP contribution is -2.52. The normalized spacial score (nSPS) is 18.4. The zero-order valence-electron chi connectivity index (χ0n) is 26.7. The van der Waals surface area contributed by atoms with Gasteiger partial charge in [0.1, 0.15) is 5.60 Å². The molecule has 1 heterocycles. The van der Waals surface area contributed by atoms with Crippen LogP contribution in [-0.4, -0.2) is 39.0 Å². The van der Waals surface area contributed by atoms with E-state index >= 15 is 0 Å². The Labute approximate surface area is 261 Å². The number of ether oxygens (including phenoxy) is 1. The number of likely N-dealkylation sites (tertiary alicyclic amines) is 1. The first-order chi connectivity index (χ1) is 20.7. The van der Waals surface area contributed by atoms with Crippen LogP contribution in [0.4, 0.5) is 0 Å². The number of hydrogen-bond donors (Lipinski definition) is 0. The highest BCUT2D eigenvalue weighted by atomic mass is 28.4. The molecule has 0 aliphatic carbocycles. The summed E-state index contributed by atoms with van der Waals surface area (Å²) in [5, 5.41) is 0.166. The molecule has 0 saturated carbocycles. The van der Waals surface area contributed by atoms with Gasteiger partial charge in [-0.1, -0.05) is 142 Å². The van der Waals surface area contributed by atoms with Gasteiger partial charge in [0.05, 0.1) is 6.10 Å². The Morgan fingerprint density at radius 2 is 1.16 bits per heavy atom. The van der Waals surface area contributed by atoms with Crippen LogP contribution in [0.1, 0.15) is 55.9 Å². The van der Waals surface area contributed by atoms with E-state index in [2.05, 4.69) is 160 Å². The Morgan fingerprint density at radius 3 is 1.63 bits per heavy atom. The van der Waals surface area contributed by atoms with Gasteiger partial charge < -0.3 is 9.16 Å². The first-order valence-electron chi connectivity index (χ1n) is 15.9. The van der Waals surface area contributed by atoms with Gasteiger partial charge >= 0.3 is 0 Å². The lowest BCUT2D eigenvalue weighted by Gasteiger charge is -2.46. The highest BCUT2D eigenvalue weighted by Crippen LogP contribution is 2.42. The second kappa shape index (κ2) is 13.7. The maximum absolute atomic E-state index is 7.20. The average molecular weight is 592 g/mol. The molecule has 0 aromatic heterocycles. The van der Waals surface area contributed by atoms with Crippen LogP contribution in [0.15, 0.2) is 121 Å². The predicted octanol–water partition coefficient (Wildman–Crippen LogP) is 9.30. The Bertz CT molecular complexity index is 1290. The maximum atomic E-state index is 7.20. The van der Waals surface area contributed by atoms with Gasteiger partial charge in [0, 0.05) is 19.7 Å². The molecule has 1 aliphatic rings. The summed E-state index contributed by atoms with van der Waals surface area (Å²) in [6.07, 6.45) is 2.28. The lowest BCUT2D eigenvalue weighted by molar-refractivity contribution is -0.0234. The van der Waals surface area contributed by atoms with Crippen LogP contribution in [0.2, 0.25) is 18.1 Å². The predicted molar refractivity (Wildman–Crippen MR) is 182 cm³/mol. The summed E-state index contributed by atoms with van der Waals surface area (Å²) in [6, 6.07) is 43.0. The summed E-state index contributed by atoms with van der Waals surface area (Å²) in [5.41, 5.74) is 4.14. The van der Waals surface area contributed by atoms with Crippen molar-refractivity contribution in [3.8, 4) is 0 Å². The van der Waals surface area contributed by atoms with Crippen LogP contribution >= 0.6 is 0 Å². The van der Waals surface area contributed by atoms with Gasteiger partial charge in [0.25, 0.3) is 0 Å². The summed E-state index contributed by atoms with van der Waals surface area (Å²) in [5.74, 6) is 0.446. The van der Waals surface area contributed by atoms with E-state index in [1.165, 1.54) is 5.56 Å². The fourth-order valence-electron chi connectivity index (χ4n) is 6.17. The third kappa shape index (κ3) is 7.38. The fourth-order valence-corrected chi connectivity index (χ4v) is 7.54. The average Bonchev–Trinajstić information content (AvgIpc) is 3.01. The molecule has 0 N–H and O–H groups in total. The van der Waals surface area contributed by atoms with E-state index in [1.807, 2.05) is 0 Å². The highest BCUT2D eigenvalue weighted by Gasteiger charge is 2.43. The van der Waals surface area contributed by atoms with Gasteiger partial charge in [0.2, 0.25) is 0 Å². The molecular formula is C39H49NO2Si. The standard InChI is InChI=1S/C39H49NO2Si/c1-38(2,3)43(4,5)42-37-31-40(30-32-18-10-6-11-19-32)28-26-33(37)27-29-41-39(34-20-12-7-13-21-34,35-22-14-8-15-23-35)36-24-16-9-17-25-36/h6-25,33,37H,26-31H2,1-5H3/t33-,37+/m1/s1. The lowest BCUT2D eigenvalue weighted by atomic mass is 9.80. The van der Waals surface area contributed by atoms with Crippen molar-refractivity contribution in [1.82, 2.24) is 4.90 Å². The van der Waals surface area contributed by atoms with Crippen molar-refractivity contribution >= 4 is 8.32 Å². The van der Waals surface area contributed by atoms with Crippen molar-refractivity contribution in [1.29, 1.82) is 0 Å². The van der Waals surface area contributed by atoms with Gasteiger partial charge in [-0.15, -0.1) is 0 Å². The van der Waals surface area contributed by atoms with E-state index in [1.54, 1.807) is 0 Å². The largest absolute Gasteiger partial charge is 0.412 e. The molecule has 1 aliphatic heterocycles. The Kier molecular flexibility index (Phi) is 10.0. The SMILES string of the molecule is CC(C)(C)[Si](C)(C)O[C@H]1CN(Cc2ccccc2)CC[C@@H]1CCOC(c1ccccc1)(c1ccccc1)c1ccccc1. The van der Waals surface area contributed by atoms with Gasteiger partial charge in [-0.3, -0.25) is 4.90 Å². The zero-order valence-corrected chi connectivity index (χ0v) is 27.7. The number of nitrogens with zero attached hydrogens (tertiary/aromatic N) is 1. The van der Waals surface area contributed by atoms with Gasteiger partial charge in [-0.2, -0.15) is 0 Å². The van der Waals surface area contributed by atoms with Crippen molar-refractivity contribution in [2.45, 2.75) is 70.0 Å². The van der Waals surface area contributed by atoms with Crippen molar-refractivity contribution in [2.75, 3.05) is 19.7 Å². The Balaban J connectivity index is 1.40. The monoisotopic (exact) mass is 591 g/mol. The molecule has 0 unspecified atom stereocenters. The van der Waals surface area contributed by atoms with Crippen LogP contribution < -0.4 is 0 Å². The summed E-state index contributed by atoms with van der Waals surface area (Å²) in [6.45, 7) is 15.5. The molecule has 2 atom stereocenters. The second-order valence-electron chi connectivity index (χ2n) is 13.6. The number of rotatable bonds is 11. The summed E-state index contributed by atoms with van der Waals surface area (Å²) in [4.78, 5) is 2.59. The van der Waals surface area contributed by atoms with Crippen molar-refractivity contribution in [3.05, 3.63) is 144 Å². The second-order valence-corrected chi connectivity index (χ2v) is 18.4. The van der Waals surface area contributed by atoms with E-state index in [0.29, 0.717) is 12.5 Å². The van der Waals surface area contributed by atoms with Crippen LogP contribution in [0, 0.1) is 5.92 Å². The highest BCUT2D eigenvalue weighted by molar-refractivity contribution is 6.74. The Hall–Kier alpha value is -3.02. The van der Waals surface area contributed by atoms with E-state index in [4.69, 9.17) is 9.16 Å². The minimum absolute atomic E-state index is 0.166. The molecule has 3 nitrogen and oxygen atoms in total. The van der Waals surface area contributed by atoms with Crippen molar-refractivity contribution in [2.24, 2.45) is 5.92 Å². The summed E-state index contributed by atoms with van der Waals surface area (Å²) < 4.78 is 14.4. The molecule has 4 aromatic carbocycles. The quantitative estimate of drug-likeness (QED) is 0.128. The topological polar surface area (TPSA) is 21.7 Å². The van der Waals surface area contributed by atoms with E-state index in [-0.39, 0.29) is 11.1 Å². The molecule has 4 heteroatoms. The molecule has 226 valence electrons. The molecule has 43 heavy (non-hydrogen) atoms. The molecule has 5 rings (SSSR count). The third-order valence-electron chi connectivity index (χ3n) is 9.63. The molecule has 4 aromatic rings. The van der Waals surface area contributed by atoms with Gasteiger partial charge in [-0.25, -0.2) is 0 Å². The zero-order chi connectivity index (χ0) is 30.3. The van der Waals surface area contributed by atoms with Crippen molar-refractivity contribution < 1.29 is 9.16 Å². The molecule has 0 radical (unpaired) electrons. The number of hydrogen-bond acceptors (Lipinski definition) is 3. The smallest absolute Gasteiger partial charge is 0.192 e. The summed E-state index contributed by atoms with van der Waals surface area (Å²) in [7, 11) is -1.96. The van der Waals surface area contributed by atoms with Gasteiger partial charge in [0.15, 0.2) is 8.32 Å². The van der Waals surface area contributed by atoms with Crippen molar-refractivity contribution in [3.63, 3.8) is 0 Å². The third-order valence-corrected chi connectivity index (χ3v) is 14.1. The molecule has 0 amide bonds. The van der Waals surface area contributed by atoms with Crippen LogP contribution in [0.25, 0.3) is 0 Å². The Morgan fingerprint density at radius 1 is 0.698 bits per heavy atom. The minimum atomic E-state index is -1.96. The number of piperidine rings is 1. The van der Waals surface area contributed by atoms with Gasteiger partial charge in [-0.05, 0) is 65.7 Å². The van der Waals surface area contributed by atoms with Crippen LogP contribution in [0.5, 0.6) is 0 Å². The van der Waals surface area contributed by atoms with E-state index < -0.39 is 13.9 Å². The van der Waals surface area contributed by atoms with E-state index in [0.717, 1.165) is 49.2 Å². The minimum Gasteiger partial charge on any atom is -0.412 e. The molecule has 0 spiro atoms. The number of benzene rings is 4. The first-order valence-corrected chi connectivity index (χ1v) is 18.8. The maximum Gasteiger partial charge on any atom is 0.192 e. The van der Waals surface area contributed by atoms with Crippen LogP contribution in [0.3, 0.4) is 0 Å². The summed E-state index contributed by atoms with van der Waals surface area (Å²) >= 11 is 0. The van der Waals surface area contributed by atoms with E-state index in [9.17, 15) is 0 Å². The fraction of sp³-hybridized carbons (Fsp3) is 0.385. The van der Waals surface area contributed by atoms with Crippen LogP contribution in [-0.2, 0) is 21.3 Å². The molecule has 0 bridgehead atoms. The molecule has 1 fully saturated rings.